The van der Waals surface area contributed by atoms with E-state index in [0.29, 0.717) is 11.6 Å². The average molecular weight is 453 g/mol. The van der Waals surface area contributed by atoms with Gasteiger partial charge in [0.2, 0.25) is 15.9 Å². The molecule has 0 aromatic heterocycles. The first-order chi connectivity index (χ1) is 14.8. The molecule has 0 bridgehead atoms. The Bertz CT molecular complexity index is 832. The highest BCUT2D eigenvalue weighted by atomic mass is 32.2. The third-order valence-electron chi connectivity index (χ3n) is 6.41. The molecule has 0 aliphatic carbocycles. The summed E-state index contributed by atoms with van der Waals surface area (Å²) in [7, 11) is -0.548. The zero-order valence-electron chi connectivity index (χ0n) is 18.9. The Balaban J connectivity index is 1.47. The predicted octanol–water partition coefficient (Wildman–Crippen LogP) is 1.70. The maximum Gasteiger partial charge on any atom is 0.242 e. The van der Waals surface area contributed by atoms with Crippen LogP contribution in [0.25, 0.3) is 0 Å². The second-order valence-electron chi connectivity index (χ2n) is 8.70. The standard InChI is InChI=1S/C22H36N4O4S/c1-18(22(27)23-20-5-4-6-21(17-20)31(28,29)24(2)3)26-11-8-19(9-12-26)7-10-25-13-15-30-16-14-25/h4-6,17-19H,7-16H2,1-3H3,(H,23,27). The number of hydrogen-bond donors (Lipinski definition) is 1. The summed E-state index contributed by atoms with van der Waals surface area (Å²) in [6.07, 6.45) is 3.43. The first kappa shape index (κ1) is 24.1. The van der Waals surface area contributed by atoms with Crippen molar-refractivity contribution in [3.8, 4) is 0 Å². The van der Waals surface area contributed by atoms with Crippen LogP contribution in [0.2, 0.25) is 0 Å². The molecule has 1 atom stereocenters. The number of morpholine rings is 1. The molecule has 1 aromatic rings. The molecule has 0 radical (unpaired) electrons. The zero-order valence-corrected chi connectivity index (χ0v) is 19.7. The number of ether oxygens (including phenoxy) is 1. The summed E-state index contributed by atoms with van der Waals surface area (Å²) < 4.78 is 31.2. The molecule has 31 heavy (non-hydrogen) atoms. The fourth-order valence-electron chi connectivity index (χ4n) is 4.18. The number of carbonyl (C=O) groups excluding carboxylic acids is 1. The zero-order chi connectivity index (χ0) is 22.4. The van der Waals surface area contributed by atoms with E-state index < -0.39 is 10.0 Å². The lowest BCUT2D eigenvalue weighted by atomic mass is 9.92. The highest BCUT2D eigenvalue weighted by Gasteiger charge is 2.27. The second kappa shape index (κ2) is 10.9. The Labute approximate surface area is 186 Å². The van der Waals surface area contributed by atoms with Crippen molar-refractivity contribution in [3.63, 3.8) is 0 Å². The monoisotopic (exact) mass is 452 g/mol. The van der Waals surface area contributed by atoms with Gasteiger partial charge in [0.15, 0.2) is 0 Å². The minimum Gasteiger partial charge on any atom is -0.379 e. The highest BCUT2D eigenvalue weighted by molar-refractivity contribution is 7.89. The van der Waals surface area contributed by atoms with Gasteiger partial charge in [0.05, 0.1) is 24.2 Å². The van der Waals surface area contributed by atoms with E-state index in [-0.39, 0.29) is 16.8 Å². The van der Waals surface area contributed by atoms with Gasteiger partial charge in [-0.15, -0.1) is 0 Å². The molecule has 1 amide bonds. The SMILES string of the molecule is CC(C(=O)Nc1cccc(S(=O)(=O)N(C)C)c1)N1CCC(CCN2CCOCC2)CC1. The number of piperidine rings is 1. The summed E-state index contributed by atoms with van der Waals surface area (Å²) in [5, 5.41) is 2.89. The van der Waals surface area contributed by atoms with Crippen molar-refractivity contribution in [2.45, 2.75) is 37.1 Å². The van der Waals surface area contributed by atoms with Crippen molar-refractivity contribution in [1.82, 2.24) is 14.1 Å². The van der Waals surface area contributed by atoms with E-state index in [1.807, 2.05) is 6.92 Å². The number of rotatable bonds is 8. The van der Waals surface area contributed by atoms with Gasteiger partial charge in [-0.05, 0) is 69.9 Å². The van der Waals surface area contributed by atoms with Crippen molar-refractivity contribution in [3.05, 3.63) is 24.3 Å². The van der Waals surface area contributed by atoms with Gasteiger partial charge in [-0.3, -0.25) is 14.6 Å². The molecule has 0 saturated carbocycles. The quantitative estimate of drug-likeness (QED) is 0.647. The normalized spacial score (nSPS) is 20.6. The molecule has 8 nitrogen and oxygen atoms in total. The summed E-state index contributed by atoms with van der Waals surface area (Å²) in [5.74, 6) is 0.605. The third-order valence-corrected chi connectivity index (χ3v) is 8.22. The summed E-state index contributed by atoms with van der Waals surface area (Å²) in [5.41, 5.74) is 0.500. The number of likely N-dealkylation sites (tertiary alicyclic amines) is 1. The van der Waals surface area contributed by atoms with E-state index in [0.717, 1.165) is 58.8 Å². The number of anilines is 1. The van der Waals surface area contributed by atoms with Gasteiger partial charge < -0.3 is 10.1 Å². The van der Waals surface area contributed by atoms with Crippen molar-refractivity contribution in [2.24, 2.45) is 5.92 Å². The molecule has 1 N–H and O–H groups in total. The first-order valence-electron chi connectivity index (χ1n) is 11.1. The van der Waals surface area contributed by atoms with Gasteiger partial charge in [-0.1, -0.05) is 6.07 Å². The highest BCUT2D eigenvalue weighted by Crippen LogP contribution is 2.23. The van der Waals surface area contributed by atoms with Crippen LogP contribution in [0.5, 0.6) is 0 Å². The molecule has 174 valence electrons. The Morgan fingerprint density at radius 3 is 2.52 bits per heavy atom. The number of sulfonamides is 1. The van der Waals surface area contributed by atoms with Crippen LogP contribution in [-0.4, -0.2) is 94.5 Å². The van der Waals surface area contributed by atoms with Crippen LogP contribution in [0.3, 0.4) is 0 Å². The van der Waals surface area contributed by atoms with Crippen LogP contribution in [0.1, 0.15) is 26.2 Å². The molecule has 3 rings (SSSR count). The molecule has 2 saturated heterocycles. The van der Waals surface area contributed by atoms with Gasteiger partial charge in [-0.25, -0.2) is 12.7 Å². The van der Waals surface area contributed by atoms with Crippen LogP contribution >= 0.6 is 0 Å². The summed E-state index contributed by atoms with van der Waals surface area (Å²) in [6, 6.07) is 6.16. The van der Waals surface area contributed by atoms with Gasteiger partial charge >= 0.3 is 0 Å². The Kier molecular flexibility index (Phi) is 8.46. The summed E-state index contributed by atoms with van der Waals surface area (Å²) in [6.45, 7) is 8.64. The molecule has 1 unspecified atom stereocenters. The number of benzene rings is 1. The first-order valence-corrected chi connectivity index (χ1v) is 12.6. The average Bonchev–Trinajstić information content (AvgIpc) is 2.78. The summed E-state index contributed by atoms with van der Waals surface area (Å²) >= 11 is 0. The number of hydrogen-bond acceptors (Lipinski definition) is 6. The summed E-state index contributed by atoms with van der Waals surface area (Å²) in [4.78, 5) is 17.7. The van der Waals surface area contributed by atoms with Crippen LogP contribution in [0.15, 0.2) is 29.2 Å². The van der Waals surface area contributed by atoms with Crippen LogP contribution in [0.4, 0.5) is 5.69 Å². The molecular formula is C22H36N4O4S. The van der Waals surface area contributed by atoms with E-state index >= 15 is 0 Å². The Morgan fingerprint density at radius 2 is 1.87 bits per heavy atom. The van der Waals surface area contributed by atoms with Gasteiger partial charge in [0.25, 0.3) is 0 Å². The van der Waals surface area contributed by atoms with Crippen LogP contribution in [0, 0.1) is 5.92 Å². The number of carbonyl (C=O) groups is 1. The molecule has 0 spiro atoms. The smallest absolute Gasteiger partial charge is 0.242 e. The predicted molar refractivity (Wildman–Crippen MR) is 122 cm³/mol. The fraction of sp³-hybridized carbons (Fsp3) is 0.682. The fourth-order valence-corrected chi connectivity index (χ4v) is 5.12. The lowest BCUT2D eigenvalue weighted by Crippen LogP contribution is -2.46. The van der Waals surface area contributed by atoms with E-state index in [4.69, 9.17) is 4.74 Å². The van der Waals surface area contributed by atoms with Gasteiger partial charge in [0.1, 0.15) is 0 Å². The minimum absolute atomic E-state index is 0.105. The molecule has 2 heterocycles. The number of nitrogens with one attached hydrogen (secondary N) is 1. The third kappa shape index (κ3) is 6.49. The Hall–Kier alpha value is -1.52. The maximum atomic E-state index is 12.8. The van der Waals surface area contributed by atoms with Crippen molar-refractivity contribution >= 4 is 21.6 Å². The Morgan fingerprint density at radius 1 is 1.19 bits per heavy atom. The molecule has 2 fully saturated rings. The molecule has 1 aromatic carbocycles. The minimum atomic E-state index is -3.53. The molecule has 9 heteroatoms. The topological polar surface area (TPSA) is 82.2 Å². The number of amides is 1. The lowest BCUT2D eigenvalue weighted by molar-refractivity contribution is -0.121. The molecule has 2 aliphatic heterocycles. The van der Waals surface area contributed by atoms with Crippen molar-refractivity contribution in [2.75, 3.05) is 65.3 Å². The van der Waals surface area contributed by atoms with E-state index in [1.165, 1.54) is 37.0 Å². The van der Waals surface area contributed by atoms with Gasteiger partial charge in [0, 0.05) is 32.9 Å². The van der Waals surface area contributed by atoms with Crippen molar-refractivity contribution < 1.29 is 17.9 Å². The van der Waals surface area contributed by atoms with E-state index in [9.17, 15) is 13.2 Å². The largest absolute Gasteiger partial charge is 0.379 e. The van der Waals surface area contributed by atoms with Crippen LogP contribution in [-0.2, 0) is 19.6 Å². The van der Waals surface area contributed by atoms with Gasteiger partial charge in [-0.2, -0.15) is 0 Å². The van der Waals surface area contributed by atoms with Crippen molar-refractivity contribution in [1.29, 1.82) is 0 Å². The molecule has 2 aliphatic rings. The van der Waals surface area contributed by atoms with E-state index in [2.05, 4.69) is 15.1 Å². The van der Waals surface area contributed by atoms with E-state index in [1.54, 1.807) is 12.1 Å². The number of nitrogens with zero attached hydrogens (tertiary/aromatic N) is 3. The lowest BCUT2D eigenvalue weighted by Gasteiger charge is -2.36. The molecular weight excluding hydrogens is 416 g/mol. The maximum absolute atomic E-state index is 12.8. The second-order valence-corrected chi connectivity index (χ2v) is 10.9. The van der Waals surface area contributed by atoms with Crippen LogP contribution < -0.4 is 5.32 Å².